The van der Waals surface area contributed by atoms with Gasteiger partial charge in [0.2, 0.25) is 5.78 Å². The molecule has 5 heteroatoms. The Labute approximate surface area is 116 Å². The molecule has 0 bridgehead atoms. The van der Waals surface area contributed by atoms with Gasteiger partial charge >= 0.3 is 5.97 Å². The number of ketones is 1. The van der Waals surface area contributed by atoms with Crippen LogP contribution in [0.15, 0.2) is 42.6 Å². The fourth-order valence-corrected chi connectivity index (χ4v) is 1.80. The molecular formula is C15H14N2O3. The number of carbonyl (C=O) groups excluding carboxylic acids is 1. The second-order valence-electron chi connectivity index (χ2n) is 4.35. The fraction of sp³-hybridized carbons (Fsp3) is 0.200. The van der Waals surface area contributed by atoms with Crippen LogP contribution in [0, 0.1) is 0 Å². The Bertz CT molecular complexity index is 612. The Balaban J connectivity index is 1.99. The van der Waals surface area contributed by atoms with Gasteiger partial charge in [0.25, 0.3) is 0 Å². The van der Waals surface area contributed by atoms with E-state index in [1.807, 2.05) is 30.3 Å². The molecule has 1 heterocycles. The summed E-state index contributed by atoms with van der Waals surface area (Å²) in [6.07, 6.45) is 2.84. The average Bonchev–Trinajstić information content (AvgIpc) is 2.46. The molecule has 1 aromatic carbocycles. The first-order valence-electron chi connectivity index (χ1n) is 6.26. The number of hydrogen-bond acceptors (Lipinski definition) is 4. The van der Waals surface area contributed by atoms with Crippen LogP contribution in [-0.4, -0.2) is 26.8 Å². The van der Waals surface area contributed by atoms with E-state index in [1.54, 1.807) is 12.3 Å². The van der Waals surface area contributed by atoms with Crippen LogP contribution in [0.2, 0.25) is 0 Å². The van der Waals surface area contributed by atoms with Crippen molar-refractivity contribution in [3.63, 3.8) is 0 Å². The minimum absolute atomic E-state index is 0.253. The first-order chi connectivity index (χ1) is 9.65. The van der Waals surface area contributed by atoms with Crippen molar-refractivity contribution in [1.82, 2.24) is 9.97 Å². The molecule has 0 amide bonds. The molecular weight excluding hydrogens is 256 g/mol. The zero-order chi connectivity index (χ0) is 14.4. The van der Waals surface area contributed by atoms with Crippen LogP contribution in [0.25, 0.3) is 0 Å². The van der Waals surface area contributed by atoms with Crippen molar-refractivity contribution in [2.24, 2.45) is 0 Å². The van der Waals surface area contributed by atoms with Gasteiger partial charge in [0.05, 0.1) is 6.42 Å². The van der Waals surface area contributed by atoms with Gasteiger partial charge in [0.1, 0.15) is 5.82 Å². The first-order valence-corrected chi connectivity index (χ1v) is 6.26. The second kappa shape index (κ2) is 6.56. The van der Waals surface area contributed by atoms with Crippen LogP contribution < -0.4 is 0 Å². The van der Waals surface area contributed by atoms with E-state index in [1.165, 1.54) is 5.56 Å². The van der Waals surface area contributed by atoms with Gasteiger partial charge in [-0.2, -0.15) is 0 Å². The number of aromatic nitrogens is 2. The van der Waals surface area contributed by atoms with E-state index in [0.717, 1.165) is 18.5 Å². The highest BCUT2D eigenvalue weighted by Crippen LogP contribution is 2.05. The number of aryl methyl sites for hydroxylation is 2. The highest BCUT2D eigenvalue weighted by atomic mass is 16.4. The number of carboxylic acids is 1. The topological polar surface area (TPSA) is 80.1 Å². The third kappa shape index (κ3) is 3.98. The van der Waals surface area contributed by atoms with Crippen LogP contribution in [0.3, 0.4) is 0 Å². The molecule has 0 fully saturated rings. The summed E-state index contributed by atoms with van der Waals surface area (Å²) in [5.74, 6) is -2.10. The van der Waals surface area contributed by atoms with Gasteiger partial charge in [-0.1, -0.05) is 30.3 Å². The van der Waals surface area contributed by atoms with Gasteiger partial charge < -0.3 is 5.11 Å². The molecule has 0 saturated carbocycles. The third-order valence-electron chi connectivity index (χ3n) is 2.83. The smallest absolute Gasteiger partial charge is 0.372 e. The monoisotopic (exact) mass is 270 g/mol. The summed E-state index contributed by atoms with van der Waals surface area (Å²) in [7, 11) is 0. The second-order valence-corrected chi connectivity index (χ2v) is 4.35. The molecule has 2 rings (SSSR count). The number of nitrogens with zero attached hydrogens (tertiary/aromatic N) is 2. The SMILES string of the molecule is O=C(O)C(=O)Cc1nccc(CCc2ccccc2)n1. The number of hydrogen-bond donors (Lipinski definition) is 1. The summed E-state index contributed by atoms with van der Waals surface area (Å²) in [5, 5.41) is 8.56. The number of carbonyl (C=O) groups is 2. The number of Topliss-reactive ketones (excluding diaryl/α,β-unsaturated/α-hetero) is 1. The van der Waals surface area contributed by atoms with Gasteiger partial charge in [0.15, 0.2) is 0 Å². The minimum Gasteiger partial charge on any atom is -0.475 e. The molecule has 20 heavy (non-hydrogen) atoms. The van der Waals surface area contributed by atoms with Crippen LogP contribution in [0.1, 0.15) is 17.1 Å². The lowest BCUT2D eigenvalue weighted by molar-refractivity contribution is -0.148. The molecule has 0 spiro atoms. The largest absolute Gasteiger partial charge is 0.475 e. The highest BCUT2D eigenvalue weighted by molar-refractivity contribution is 6.33. The average molecular weight is 270 g/mol. The molecule has 0 aliphatic heterocycles. The predicted octanol–water partition coefficient (Wildman–Crippen LogP) is 1.46. The van der Waals surface area contributed by atoms with Crippen LogP contribution in [0.4, 0.5) is 0 Å². The first kappa shape index (κ1) is 13.9. The third-order valence-corrected chi connectivity index (χ3v) is 2.83. The van der Waals surface area contributed by atoms with E-state index in [9.17, 15) is 9.59 Å². The molecule has 2 aromatic rings. The number of benzene rings is 1. The fourth-order valence-electron chi connectivity index (χ4n) is 1.80. The van der Waals surface area contributed by atoms with E-state index in [-0.39, 0.29) is 12.2 Å². The number of rotatable bonds is 6. The normalized spacial score (nSPS) is 10.2. The summed E-state index contributed by atoms with van der Waals surface area (Å²) < 4.78 is 0. The van der Waals surface area contributed by atoms with Crippen LogP contribution in [0.5, 0.6) is 0 Å². The standard InChI is InChI=1S/C15H14N2O3/c18-13(15(19)20)10-14-16-9-8-12(17-14)7-6-11-4-2-1-3-5-11/h1-5,8-9H,6-7,10H2,(H,19,20). The van der Waals surface area contributed by atoms with E-state index in [0.29, 0.717) is 0 Å². The van der Waals surface area contributed by atoms with Crippen molar-refractivity contribution in [3.8, 4) is 0 Å². The molecule has 102 valence electrons. The maximum absolute atomic E-state index is 11.1. The summed E-state index contributed by atoms with van der Waals surface area (Å²) in [4.78, 5) is 29.8. The van der Waals surface area contributed by atoms with Gasteiger partial charge in [-0.15, -0.1) is 0 Å². The van der Waals surface area contributed by atoms with E-state index in [2.05, 4.69) is 9.97 Å². The van der Waals surface area contributed by atoms with Crippen LogP contribution >= 0.6 is 0 Å². The van der Waals surface area contributed by atoms with Gasteiger partial charge in [-0.05, 0) is 24.5 Å². The number of carboxylic acid groups (broad SMARTS) is 1. The lowest BCUT2D eigenvalue weighted by Gasteiger charge is -2.03. The molecule has 0 aliphatic rings. The van der Waals surface area contributed by atoms with Crippen molar-refractivity contribution < 1.29 is 14.7 Å². The van der Waals surface area contributed by atoms with Crippen molar-refractivity contribution in [2.45, 2.75) is 19.3 Å². The Hall–Kier alpha value is -2.56. The lowest BCUT2D eigenvalue weighted by Crippen LogP contribution is -2.17. The summed E-state index contributed by atoms with van der Waals surface area (Å²) in [6, 6.07) is 11.8. The summed E-state index contributed by atoms with van der Waals surface area (Å²) in [5.41, 5.74) is 2.01. The zero-order valence-corrected chi connectivity index (χ0v) is 10.8. The Morgan fingerprint density at radius 3 is 2.50 bits per heavy atom. The quantitative estimate of drug-likeness (QED) is 0.804. The maximum atomic E-state index is 11.1. The minimum atomic E-state index is -1.46. The van der Waals surface area contributed by atoms with E-state index < -0.39 is 11.8 Å². The van der Waals surface area contributed by atoms with Crippen molar-refractivity contribution >= 4 is 11.8 Å². The summed E-state index contributed by atoms with van der Waals surface area (Å²) >= 11 is 0. The Morgan fingerprint density at radius 1 is 1.05 bits per heavy atom. The van der Waals surface area contributed by atoms with E-state index in [4.69, 9.17) is 5.11 Å². The molecule has 0 atom stereocenters. The van der Waals surface area contributed by atoms with Gasteiger partial charge in [-0.3, -0.25) is 4.79 Å². The van der Waals surface area contributed by atoms with Crippen molar-refractivity contribution in [2.75, 3.05) is 0 Å². The van der Waals surface area contributed by atoms with Crippen LogP contribution in [-0.2, 0) is 28.9 Å². The Kier molecular flexibility index (Phi) is 4.55. The molecule has 0 unspecified atom stereocenters. The molecule has 5 nitrogen and oxygen atoms in total. The number of aliphatic carboxylic acids is 1. The Morgan fingerprint density at radius 2 is 1.80 bits per heavy atom. The molecule has 1 aromatic heterocycles. The molecule has 0 saturated heterocycles. The predicted molar refractivity (Wildman–Crippen MR) is 72.2 cm³/mol. The maximum Gasteiger partial charge on any atom is 0.372 e. The molecule has 0 aliphatic carbocycles. The molecule has 0 radical (unpaired) electrons. The lowest BCUT2D eigenvalue weighted by atomic mass is 10.1. The molecule has 1 N–H and O–H groups in total. The highest BCUT2D eigenvalue weighted by Gasteiger charge is 2.14. The summed E-state index contributed by atoms with van der Waals surface area (Å²) in [6.45, 7) is 0. The van der Waals surface area contributed by atoms with Gasteiger partial charge in [-0.25, -0.2) is 14.8 Å². The van der Waals surface area contributed by atoms with Crippen molar-refractivity contribution in [3.05, 3.63) is 59.7 Å². The van der Waals surface area contributed by atoms with Gasteiger partial charge in [0, 0.05) is 11.9 Å². The zero-order valence-electron chi connectivity index (χ0n) is 10.8. The van der Waals surface area contributed by atoms with E-state index >= 15 is 0 Å². The van der Waals surface area contributed by atoms with Crippen molar-refractivity contribution in [1.29, 1.82) is 0 Å².